The Bertz CT molecular complexity index is 652. The fourth-order valence-corrected chi connectivity index (χ4v) is 2.39. The number of aryl methyl sites for hydroxylation is 1. The Labute approximate surface area is 118 Å². The lowest BCUT2D eigenvalue weighted by Gasteiger charge is -2.06. The number of rotatable bonds is 3. The van der Waals surface area contributed by atoms with Crippen molar-refractivity contribution in [3.63, 3.8) is 0 Å². The first-order valence-electron chi connectivity index (χ1n) is 5.61. The smallest absolute Gasteiger partial charge is 0.339 e. The van der Waals surface area contributed by atoms with Crippen molar-refractivity contribution in [3.05, 3.63) is 51.0 Å². The van der Waals surface area contributed by atoms with E-state index in [1.54, 1.807) is 26.0 Å². The topological polar surface area (TPSA) is 55.1 Å². The Morgan fingerprint density at radius 1 is 1.47 bits per heavy atom. The molecule has 0 fully saturated rings. The molecular weight excluding hydrogens is 315 g/mol. The minimum Gasteiger partial charge on any atom is -0.478 e. The highest BCUT2D eigenvalue weighted by molar-refractivity contribution is 9.10. The van der Waals surface area contributed by atoms with Crippen LogP contribution in [0.5, 0.6) is 0 Å². The van der Waals surface area contributed by atoms with Crippen LogP contribution in [-0.4, -0.2) is 20.9 Å². The maximum absolute atomic E-state index is 13.7. The minimum atomic E-state index is -1.02. The summed E-state index contributed by atoms with van der Waals surface area (Å²) in [6, 6.07) is 4.64. The standard InChI is InChI=1S/C13H12BrFN2O2/c1-7-12(13(18)19)8(2)17(16-7)6-9-5-10(14)3-4-11(9)15/h3-5H,6H2,1-2H3,(H,18,19). The van der Waals surface area contributed by atoms with E-state index in [0.717, 1.165) is 4.47 Å². The van der Waals surface area contributed by atoms with Gasteiger partial charge in [0.1, 0.15) is 11.4 Å². The van der Waals surface area contributed by atoms with E-state index in [0.29, 0.717) is 17.0 Å². The average Bonchev–Trinajstić information content (AvgIpc) is 2.59. The molecule has 0 radical (unpaired) electrons. The summed E-state index contributed by atoms with van der Waals surface area (Å²) in [5.41, 5.74) is 1.58. The lowest BCUT2D eigenvalue weighted by atomic mass is 10.2. The number of hydrogen-bond acceptors (Lipinski definition) is 2. The average molecular weight is 327 g/mol. The third-order valence-electron chi connectivity index (χ3n) is 2.92. The zero-order chi connectivity index (χ0) is 14.2. The molecule has 0 atom stereocenters. The van der Waals surface area contributed by atoms with Crippen LogP contribution in [0.2, 0.25) is 0 Å². The Morgan fingerprint density at radius 2 is 2.16 bits per heavy atom. The number of halogens is 2. The van der Waals surface area contributed by atoms with E-state index < -0.39 is 5.97 Å². The van der Waals surface area contributed by atoms with Gasteiger partial charge >= 0.3 is 5.97 Å². The molecule has 1 N–H and O–H groups in total. The van der Waals surface area contributed by atoms with Crippen LogP contribution in [-0.2, 0) is 6.54 Å². The molecule has 1 heterocycles. The maximum Gasteiger partial charge on any atom is 0.339 e. The number of carboxylic acid groups (broad SMARTS) is 1. The van der Waals surface area contributed by atoms with E-state index in [2.05, 4.69) is 21.0 Å². The second-order valence-corrected chi connectivity index (χ2v) is 5.16. The van der Waals surface area contributed by atoms with Gasteiger partial charge in [0.15, 0.2) is 0 Å². The Kier molecular flexibility index (Phi) is 3.71. The predicted octanol–water partition coefficient (Wildman–Crippen LogP) is 3.15. The third-order valence-corrected chi connectivity index (χ3v) is 3.42. The van der Waals surface area contributed by atoms with Gasteiger partial charge in [-0.05, 0) is 32.0 Å². The zero-order valence-electron chi connectivity index (χ0n) is 10.4. The molecule has 0 unspecified atom stereocenters. The van der Waals surface area contributed by atoms with Gasteiger partial charge in [-0.3, -0.25) is 4.68 Å². The van der Waals surface area contributed by atoms with Gasteiger partial charge in [0.05, 0.1) is 17.9 Å². The van der Waals surface area contributed by atoms with E-state index in [4.69, 9.17) is 5.11 Å². The molecule has 0 saturated heterocycles. The van der Waals surface area contributed by atoms with Crippen molar-refractivity contribution in [2.24, 2.45) is 0 Å². The van der Waals surface area contributed by atoms with Crippen LogP contribution in [0.15, 0.2) is 22.7 Å². The summed E-state index contributed by atoms with van der Waals surface area (Å²) in [6.45, 7) is 3.49. The Hall–Kier alpha value is -1.69. The van der Waals surface area contributed by atoms with Crippen molar-refractivity contribution < 1.29 is 14.3 Å². The van der Waals surface area contributed by atoms with Crippen LogP contribution in [0, 0.1) is 19.7 Å². The second kappa shape index (κ2) is 5.13. The molecule has 100 valence electrons. The summed E-state index contributed by atoms with van der Waals surface area (Å²) in [6.07, 6.45) is 0. The molecule has 1 aromatic carbocycles. The molecule has 6 heteroatoms. The van der Waals surface area contributed by atoms with Gasteiger partial charge in [-0.2, -0.15) is 5.10 Å². The van der Waals surface area contributed by atoms with E-state index in [1.807, 2.05) is 0 Å². The zero-order valence-corrected chi connectivity index (χ0v) is 12.0. The lowest BCUT2D eigenvalue weighted by molar-refractivity contribution is 0.0695. The highest BCUT2D eigenvalue weighted by Crippen LogP contribution is 2.19. The quantitative estimate of drug-likeness (QED) is 0.942. The van der Waals surface area contributed by atoms with Crippen molar-refractivity contribution in [2.75, 3.05) is 0 Å². The first-order chi connectivity index (χ1) is 8.90. The third kappa shape index (κ3) is 2.68. The largest absolute Gasteiger partial charge is 0.478 e. The Balaban J connectivity index is 2.42. The van der Waals surface area contributed by atoms with Crippen molar-refractivity contribution in [1.29, 1.82) is 0 Å². The molecule has 0 amide bonds. The van der Waals surface area contributed by atoms with E-state index >= 15 is 0 Å². The van der Waals surface area contributed by atoms with Crippen molar-refractivity contribution >= 4 is 21.9 Å². The number of carbonyl (C=O) groups is 1. The molecule has 0 aliphatic carbocycles. The van der Waals surface area contributed by atoms with Gasteiger partial charge in [0.2, 0.25) is 0 Å². The summed E-state index contributed by atoms with van der Waals surface area (Å²) in [7, 11) is 0. The number of hydrogen-bond donors (Lipinski definition) is 1. The molecule has 0 aliphatic rings. The molecule has 0 bridgehead atoms. The van der Waals surface area contributed by atoms with Gasteiger partial charge in [-0.25, -0.2) is 9.18 Å². The molecule has 19 heavy (non-hydrogen) atoms. The maximum atomic E-state index is 13.7. The summed E-state index contributed by atoms with van der Waals surface area (Å²) < 4.78 is 15.9. The molecule has 0 spiro atoms. The van der Waals surface area contributed by atoms with Crippen molar-refractivity contribution in [3.8, 4) is 0 Å². The van der Waals surface area contributed by atoms with Crippen molar-refractivity contribution in [2.45, 2.75) is 20.4 Å². The molecule has 1 aromatic heterocycles. The molecule has 0 saturated carbocycles. The normalized spacial score (nSPS) is 10.7. The molecular formula is C13H12BrFN2O2. The second-order valence-electron chi connectivity index (χ2n) is 4.24. The van der Waals surface area contributed by atoms with Gasteiger partial charge in [0, 0.05) is 10.0 Å². The van der Waals surface area contributed by atoms with Gasteiger partial charge in [0.25, 0.3) is 0 Å². The minimum absolute atomic E-state index is 0.176. The van der Waals surface area contributed by atoms with Crippen LogP contribution in [0.25, 0.3) is 0 Å². The van der Waals surface area contributed by atoms with Gasteiger partial charge < -0.3 is 5.11 Å². The van der Waals surface area contributed by atoms with Crippen LogP contribution < -0.4 is 0 Å². The SMILES string of the molecule is Cc1nn(Cc2cc(Br)ccc2F)c(C)c1C(=O)O. The highest BCUT2D eigenvalue weighted by atomic mass is 79.9. The highest BCUT2D eigenvalue weighted by Gasteiger charge is 2.18. The van der Waals surface area contributed by atoms with Crippen LogP contribution in [0.4, 0.5) is 4.39 Å². The van der Waals surface area contributed by atoms with E-state index in [9.17, 15) is 9.18 Å². The predicted molar refractivity (Wildman–Crippen MR) is 71.9 cm³/mol. The van der Waals surface area contributed by atoms with Crippen LogP contribution >= 0.6 is 15.9 Å². The summed E-state index contributed by atoms with van der Waals surface area (Å²) in [5, 5.41) is 13.2. The summed E-state index contributed by atoms with van der Waals surface area (Å²) in [5.74, 6) is -1.36. The fraction of sp³-hybridized carbons (Fsp3) is 0.231. The van der Waals surface area contributed by atoms with Crippen LogP contribution in [0.1, 0.15) is 27.3 Å². The number of nitrogens with zero attached hydrogens (tertiary/aromatic N) is 2. The van der Waals surface area contributed by atoms with Crippen molar-refractivity contribution in [1.82, 2.24) is 9.78 Å². The Morgan fingerprint density at radius 3 is 2.74 bits per heavy atom. The first-order valence-corrected chi connectivity index (χ1v) is 6.40. The van der Waals surface area contributed by atoms with E-state index in [-0.39, 0.29) is 17.9 Å². The fourth-order valence-electron chi connectivity index (χ4n) is 1.99. The van der Waals surface area contributed by atoms with Crippen LogP contribution in [0.3, 0.4) is 0 Å². The molecule has 4 nitrogen and oxygen atoms in total. The number of carboxylic acids is 1. The summed E-state index contributed by atoms with van der Waals surface area (Å²) >= 11 is 3.28. The molecule has 0 aliphatic heterocycles. The van der Waals surface area contributed by atoms with E-state index in [1.165, 1.54) is 10.7 Å². The lowest BCUT2D eigenvalue weighted by Crippen LogP contribution is -2.07. The molecule has 2 rings (SSSR count). The van der Waals surface area contributed by atoms with Gasteiger partial charge in [-0.15, -0.1) is 0 Å². The molecule has 2 aromatic rings. The number of aromatic nitrogens is 2. The first kappa shape index (κ1) is 13.7. The van der Waals surface area contributed by atoms with Gasteiger partial charge in [-0.1, -0.05) is 15.9 Å². The number of aromatic carboxylic acids is 1. The number of benzene rings is 1. The summed E-state index contributed by atoms with van der Waals surface area (Å²) in [4.78, 5) is 11.1. The monoisotopic (exact) mass is 326 g/mol.